The van der Waals surface area contributed by atoms with Gasteiger partial charge in [0.15, 0.2) is 5.76 Å². The highest BCUT2D eigenvalue weighted by molar-refractivity contribution is 7.17. The summed E-state index contributed by atoms with van der Waals surface area (Å²) in [6, 6.07) is 4.23. The number of thiophene rings is 1. The van der Waals surface area contributed by atoms with Crippen LogP contribution in [0.4, 0.5) is 11.6 Å². The molecule has 0 aliphatic carbocycles. The van der Waals surface area contributed by atoms with Crippen LogP contribution >= 0.6 is 11.3 Å². The maximum atomic E-state index is 11.6. The SMILES string of the molecule is CCOC(=O)c1sc(-c2ccc([N+](=O)[O-])o2)cc1N. The molecule has 2 aromatic heterocycles. The Morgan fingerprint density at radius 2 is 2.32 bits per heavy atom. The molecule has 2 N–H and O–H groups in total. The zero-order valence-corrected chi connectivity index (χ0v) is 10.7. The van der Waals surface area contributed by atoms with Gasteiger partial charge in [0, 0.05) is 0 Å². The van der Waals surface area contributed by atoms with E-state index in [-0.39, 0.29) is 23.1 Å². The van der Waals surface area contributed by atoms with E-state index in [4.69, 9.17) is 14.9 Å². The number of nitrogen functional groups attached to an aromatic ring is 1. The molecule has 8 heteroatoms. The van der Waals surface area contributed by atoms with Gasteiger partial charge >= 0.3 is 11.9 Å². The lowest BCUT2D eigenvalue weighted by atomic mass is 10.3. The van der Waals surface area contributed by atoms with Crippen LogP contribution in [0.1, 0.15) is 16.6 Å². The molecule has 100 valence electrons. The summed E-state index contributed by atoms with van der Waals surface area (Å²) in [4.78, 5) is 22.3. The van der Waals surface area contributed by atoms with E-state index in [0.29, 0.717) is 10.6 Å². The lowest BCUT2D eigenvalue weighted by Gasteiger charge is -1.98. The van der Waals surface area contributed by atoms with E-state index in [2.05, 4.69) is 0 Å². The molecule has 19 heavy (non-hydrogen) atoms. The van der Waals surface area contributed by atoms with Crippen molar-refractivity contribution in [2.75, 3.05) is 12.3 Å². The third kappa shape index (κ3) is 2.58. The summed E-state index contributed by atoms with van der Waals surface area (Å²) in [5, 5.41) is 10.5. The summed E-state index contributed by atoms with van der Waals surface area (Å²) >= 11 is 1.07. The molecule has 2 rings (SSSR count). The van der Waals surface area contributed by atoms with Gasteiger partial charge in [-0.15, -0.1) is 11.3 Å². The third-order valence-electron chi connectivity index (χ3n) is 2.24. The second-order valence-corrected chi connectivity index (χ2v) is 4.56. The fraction of sp³-hybridized carbons (Fsp3) is 0.182. The molecular formula is C11H10N2O5S. The molecule has 2 heterocycles. The molecule has 0 aliphatic heterocycles. The van der Waals surface area contributed by atoms with Gasteiger partial charge in [0.05, 0.1) is 23.2 Å². The van der Waals surface area contributed by atoms with Crippen LogP contribution in [0, 0.1) is 10.1 Å². The monoisotopic (exact) mass is 282 g/mol. The van der Waals surface area contributed by atoms with Gasteiger partial charge in [-0.05, 0) is 19.1 Å². The van der Waals surface area contributed by atoms with Gasteiger partial charge in [0.2, 0.25) is 0 Å². The number of nitrogens with zero attached hydrogens (tertiary/aromatic N) is 1. The number of nitro groups is 1. The number of hydrogen-bond donors (Lipinski definition) is 1. The number of carbonyl (C=O) groups is 1. The Morgan fingerprint density at radius 1 is 1.58 bits per heavy atom. The Bertz CT molecular complexity index is 631. The highest BCUT2D eigenvalue weighted by atomic mass is 32.1. The first kappa shape index (κ1) is 13.1. The van der Waals surface area contributed by atoms with Crippen molar-refractivity contribution >= 4 is 28.9 Å². The summed E-state index contributed by atoms with van der Waals surface area (Å²) < 4.78 is 9.90. The standard InChI is InChI=1S/C11H10N2O5S/c1-2-17-11(14)10-6(12)5-8(19-10)7-3-4-9(18-7)13(15)16/h3-5H,2,12H2,1H3. The van der Waals surface area contributed by atoms with E-state index in [9.17, 15) is 14.9 Å². The van der Waals surface area contributed by atoms with E-state index in [1.54, 1.807) is 6.92 Å². The van der Waals surface area contributed by atoms with Gasteiger partial charge in [-0.25, -0.2) is 4.79 Å². The van der Waals surface area contributed by atoms with Crippen molar-refractivity contribution in [2.45, 2.75) is 6.92 Å². The molecule has 0 atom stereocenters. The van der Waals surface area contributed by atoms with Crippen LogP contribution < -0.4 is 5.73 Å². The fourth-order valence-electron chi connectivity index (χ4n) is 1.44. The molecule has 0 saturated heterocycles. The number of anilines is 1. The van der Waals surface area contributed by atoms with Gasteiger partial charge in [0.1, 0.15) is 9.80 Å². The Hall–Kier alpha value is -2.35. The number of esters is 1. The number of nitrogens with two attached hydrogens (primary N) is 1. The van der Waals surface area contributed by atoms with Gasteiger partial charge < -0.3 is 14.9 Å². The van der Waals surface area contributed by atoms with Crippen molar-refractivity contribution in [1.29, 1.82) is 0 Å². The molecule has 0 unspecified atom stereocenters. The van der Waals surface area contributed by atoms with Crippen molar-refractivity contribution < 1.29 is 18.9 Å². The van der Waals surface area contributed by atoms with E-state index >= 15 is 0 Å². The largest absolute Gasteiger partial charge is 0.462 e. The number of rotatable bonds is 4. The van der Waals surface area contributed by atoms with Crippen LogP contribution in [0.5, 0.6) is 0 Å². The predicted octanol–water partition coefficient (Wildman–Crippen LogP) is 2.68. The molecular weight excluding hydrogens is 272 g/mol. The number of carbonyl (C=O) groups excluding carboxylic acids is 1. The number of hydrogen-bond acceptors (Lipinski definition) is 7. The van der Waals surface area contributed by atoms with Crippen molar-refractivity contribution in [2.24, 2.45) is 0 Å². The van der Waals surface area contributed by atoms with Crippen molar-refractivity contribution in [1.82, 2.24) is 0 Å². The Balaban J connectivity index is 2.33. The molecule has 0 fully saturated rings. The first-order valence-electron chi connectivity index (χ1n) is 5.34. The third-order valence-corrected chi connectivity index (χ3v) is 3.38. The minimum Gasteiger partial charge on any atom is -0.462 e. The molecule has 2 aromatic rings. The lowest BCUT2D eigenvalue weighted by Crippen LogP contribution is -2.04. The summed E-state index contributed by atoms with van der Waals surface area (Å²) in [5.41, 5.74) is 5.97. The quantitative estimate of drug-likeness (QED) is 0.524. The summed E-state index contributed by atoms with van der Waals surface area (Å²) in [7, 11) is 0. The topological polar surface area (TPSA) is 109 Å². The zero-order valence-electron chi connectivity index (χ0n) is 9.91. The normalized spacial score (nSPS) is 10.4. The van der Waals surface area contributed by atoms with Crippen molar-refractivity contribution in [3.63, 3.8) is 0 Å². The van der Waals surface area contributed by atoms with Gasteiger partial charge in [-0.2, -0.15) is 0 Å². The number of furan rings is 1. The fourth-order valence-corrected chi connectivity index (χ4v) is 2.38. The second kappa shape index (κ2) is 5.11. The van der Waals surface area contributed by atoms with E-state index < -0.39 is 10.9 Å². The maximum absolute atomic E-state index is 11.6. The molecule has 0 aromatic carbocycles. The minimum atomic E-state index is -0.632. The number of ether oxygens (including phenoxy) is 1. The average Bonchev–Trinajstić information content (AvgIpc) is 2.95. The Morgan fingerprint density at radius 3 is 2.89 bits per heavy atom. The van der Waals surface area contributed by atoms with Crippen LogP contribution in [0.25, 0.3) is 10.6 Å². The molecule has 0 amide bonds. The molecule has 7 nitrogen and oxygen atoms in total. The predicted molar refractivity (Wildman–Crippen MR) is 69.0 cm³/mol. The van der Waals surface area contributed by atoms with E-state index in [0.717, 1.165) is 11.3 Å². The second-order valence-electron chi connectivity index (χ2n) is 3.51. The molecule has 0 aliphatic rings. The van der Waals surface area contributed by atoms with Crippen LogP contribution in [-0.4, -0.2) is 17.5 Å². The van der Waals surface area contributed by atoms with Crippen LogP contribution in [0.2, 0.25) is 0 Å². The molecule has 0 bridgehead atoms. The average molecular weight is 282 g/mol. The Labute approximate surface area is 111 Å². The summed E-state index contributed by atoms with van der Waals surface area (Å²) in [6.07, 6.45) is 0. The van der Waals surface area contributed by atoms with Crippen LogP contribution in [0.15, 0.2) is 22.6 Å². The minimum absolute atomic E-state index is 0.248. The van der Waals surface area contributed by atoms with E-state index in [1.807, 2.05) is 0 Å². The van der Waals surface area contributed by atoms with Gasteiger partial charge in [-0.3, -0.25) is 10.1 Å². The van der Waals surface area contributed by atoms with Crippen LogP contribution in [-0.2, 0) is 4.74 Å². The van der Waals surface area contributed by atoms with Crippen molar-refractivity contribution in [3.05, 3.63) is 33.2 Å². The highest BCUT2D eigenvalue weighted by Gasteiger charge is 2.19. The summed E-state index contributed by atoms with van der Waals surface area (Å²) in [6.45, 7) is 1.94. The molecule has 0 radical (unpaired) electrons. The first-order valence-corrected chi connectivity index (χ1v) is 6.15. The summed E-state index contributed by atoms with van der Waals surface area (Å²) in [5.74, 6) is -0.587. The first-order chi connectivity index (χ1) is 9.02. The van der Waals surface area contributed by atoms with Crippen LogP contribution in [0.3, 0.4) is 0 Å². The lowest BCUT2D eigenvalue weighted by molar-refractivity contribution is -0.401. The van der Waals surface area contributed by atoms with Gasteiger partial charge in [0.25, 0.3) is 0 Å². The van der Waals surface area contributed by atoms with E-state index in [1.165, 1.54) is 18.2 Å². The van der Waals surface area contributed by atoms with Gasteiger partial charge in [-0.1, -0.05) is 0 Å². The zero-order chi connectivity index (χ0) is 14.0. The van der Waals surface area contributed by atoms with Crippen molar-refractivity contribution in [3.8, 4) is 10.6 Å². The molecule has 0 saturated carbocycles. The highest BCUT2D eigenvalue weighted by Crippen LogP contribution is 2.35. The molecule has 0 spiro atoms. The smallest absolute Gasteiger partial charge is 0.433 e. The Kier molecular flexibility index (Phi) is 3.52. The maximum Gasteiger partial charge on any atom is 0.433 e.